The van der Waals surface area contributed by atoms with Crippen LogP contribution in [-0.4, -0.2) is 58.4 Å². The van der Waals surface area contributed by atoms with E-state index in [9.17, 15) is 14.7 Å². The van der Waals surface area contributed by atoms with Crippen LogP contribution in [0.4, 0.5) is 0 Å². The summed E-state index contributed by atoms with van der Waals surface area (Å²) < 4.78 is 10.9. The summed E-state index contributed by atoms with van der Waals surface area (Å²) >= 11 is 7.09. The van der Waals surface area contributed by atoms with E-state index < -0.39 is 12.1 Å². The summed E-state index contributed by atoms with van der Waals surface area (Å²) in [6, 6.07) is 6.97. The lowest BCUT2D eigenvalue weighted by atomic mass is 10.0. The van der Waals surface area contributed by atoms with E-state index >= 15 is 0 Å². The van der Waals surface area contributed by atoms with Crippen LogP contribution in [0, 0.1) is 5.92 Å². The molecule has 1 aromatic carbocycles. The van der Waals surface area contributed by atoms with E-state index in [2.05, 4.69) is 23.8 Å². The number of carbonyl (C=O) groups is 1. The number of hydrogen-bond acceptors (Lipinski definition) is 8. The van der Waals surface area contributed by atoms with E-state index in [-0.39, 0.29) is 24.7 Å². The summed E-state index contributed by atoms with van der Waals surface area (Å²) in [6.45, 7) is 11.5. The van der Waals surface area contributed by atoms with Gasteiger partial charge in [-0.2, -0.15) is 0 Å². The predicted octanol–water partition coefficient (Wildman–Crippen LogP) is 4.84. The lowest BCUT2D eigenvalue weighted by Crippen LogP contribution is -2.38. The molecule has 196 valence electrons. The van der Waals surface area contributed by atoms with Crippen molar-refractivity contribution in [1.29, 1.82) is 0 Å². The Labute approximate surface area is 220 Å². The molecule has 0 aliphatic rings. The Balaban J connectivity index is 1.80. The number of hydrogen-bond donors (Lipinski definition) is 2. The summed E-state index contributed by atoms with van der Waals surface area (Å²) in [5.41, 5.74) is 0.393. The Morgan fingerprint density at radius 3 is 2.50 bits per heavy atom. The summed E-state index contributed by atoms with van der Waals surface area (Å²) in [7, 11) is 0. The first kappa shape index (κ1) is 28.1. The number of rotatable bonds is 12. The van der Waals surface area contributed by atoms with Gasteiger partial charge in [-0.25, -0.2) is 9.78 Å². The number of H-pyrrole nitrogens is 1. The number of nitrogens with one attached hydrogen (secondary N) is 1. The number of benzene rings is 1. The number of esters is 1. The largest absolute Gasteiger partial charge is 0.491 e. The minimum atomic E-state index is -0.750. The highest BCUT2D eigenvalue weighted by atomic mass is 35.5. The molecule has 0 radical (unpaired) electrons. The first-order valence-electron chi connectivity index (χ1n) is 12.1. The highest BCUT2D eigenvalue weighted by Crippen LogP contribution is 2.34. The van der Waals surface area contributed by atoms with Crippen LogP contribution in [0.1, 0.15) is 61.6 Å². The van der Waals surface area contributed by atoms with E-state index in [1.54, 1.807) is 31.2 Å². The fourth-order valence-electron chi connectivity index (χ4n) is 4.05. The van der Waals surface area contributed by atoms with Crippen LogP contribution in [-0.2, 0) is 11.3 Å². The van der Waals surface area contributed by atoms with Crippen molar-refractivity contribution in [3.63, 3.8) is 0 Å². The van der Waals surface area contributed by atoms with Gasteiger partial charge >= 0.3 is 5.97 Å². The van der Waals surface area contributed by atoms with Crippen LogP contribution >= 0.6 is 22.9 Å². The number of aromatic nitrogens is 2. The Morgan fingerprint density at radius 1 is 1.19 bits per heavy atom. The maximum absolute atomic E-state index is 13.1. The first-order valence-corrected chi connectivity index (χ1v) is 13.3. The highest BCUT2D eigenvalue weighted by Gasteiger charge is 2.25. The summed E-state index contributed by atoms with van der Waals surface area (Å²) in [4.78, 5) is 36.2. The molecule has 1 atom stereocenters. The van der Waals surface area contributed by atoms with Gasteiger partial charge in [0.1, 0.15) is 34.0 Å². The van der Waals surface area contributed by atoms with Crippen LogP contribution in [0.2, 0.25) is 5.02 Å². The molecular formula is C26H34ClN3O5S. The first-order chi connectivity index (χ1) is 17.1. The molecule has 2 N–H and O–H groups in total. The maximum atomic E-state index is 13.1. The van der Waals surface area contributed by atoms with E-state index in [0.29, 0.717) is 62.8 Å². The number of carbonyl (C=O) groups excluding carboxylic acids is 1. The van der Waals surface area contributed by atoms with Gasteiger partial charge in [-0.1, -0.05) is 39.3 Å². The highest BCUT2D eigenvalue weighted by molar-refractivity contribution is 7.20. The van der Waals surface area contributed by atoms with Gasteiger partial charge in [0.15, 0.2) is 0 Å². The Hall–Kier alpha value is -2.46. The van der Waals surface area contributed by atoms with Gasteiger partial charge in [-0.15, -0.1) is 11.3 Å². The van der Waals surface area contributed by atoms with E-state index in [0.717, 1.165) is 0 Å². The van der Waals surface area contributed by atoms with E-state index in [4.69, 9.17) is 21.1 Å². The summed E-state index contributed by atoms with van der Waals surface area (Å²) in [6.07, 6.45) is -0.750. The van der Waals surface area contributed by atoms with E-state index in [1.807, 2.05) is 18.7 Å². The number of thiophene rings is 1. The number of halogens is 1. The van der Waals surface area contributed by atoms with Crippen LogP contribution in [0.5, 0.6) is 5.75 Å². The quantitative estimate of drug-likeness (QED) is 0.320. The van der Waals surface area contributed by atoms with Crippen LogP contribution in [0.25, 0.3) is 10.2 Å². The Bertz CT molecular complexity index is 1220. The Kier molecular flexibility index (Phi) is 9.90. The summed E-state index contributed by atoms with van der Waals surface area (Å²) in [5, 5.41) is 11.7. The second-order valence-electron chi connectivity index (χ2n) is 9.42. The molecule has 3 rings (SSSR count). The smallest absolute Gasteiger partial charge is 0.348 e. The average molecular weight is 536 g/mol. The van der Waals surface area contributed by atoms with Gasteiger partial charge in [-0.3, -0.25) is 9.69 Å². The number of aliphatic hydroxyl groups is 1. The molecule has 3 aromatic rings. The predicted molar refractivity (Wildman–Crippen MR) is 143 cm³/mol. The second kappa shape index (κ2) is 12.7. The fourth-order valence-corrected chi connectivity index (χ4v) is 5.42. The van der Waals surface area contributed by atoms with Crippen LogP contribution in [0.15, 0.2) is 29.1 Å². The number of nitrogens with zero attached hydrogens (tertiary/aromatic N) is 2. The molecule has 0 fully saturated rings. The molecule has 0 saturated heterocycles. The van der Waals surface area contributed by atoms with Crippen molar-refractivity contribution in [2.75, 3.05) is 26.3 Å². The monoisotopic (exact) mass is 535 g/mol. The van der Waals surface area contributed by atoms with Crippen LogP contribution < -0.4 is 10.3 Å². The molecule has 0 aliphatic heterocycles. The third kappa shape index (κ3) is 7.29. The maximum Gasteiger partial charge on any atom is 0.348 e. The molecule has 0 spiro atoms. The molecule has 0 bridgehead atoms. The lowest BCUT2D eigenvalue weighted by Gasteiger charge is -2.26. The number of aliphatic hydroxyl groups excluding tert-OH is 1. The third-order valence-corrected chi connectivity index (χ3v) is 6.74. The van der Waals surface area contributed by atoms with Gasteiger partial charge in [0, 0.05) is 18.1 Å². The molecular weight excluding hydrogens is 502 g/mol. The third-order valence-electron chi connectivity index (χ3n) is 5.41. The molecule has 0 saturated carbocycles. The van der Waals surface area contributed by atoms with Crippen molar-refractivity contribution < 1.29 is 19.4 Å². The van der Waals surface area contributed by atoms with Crippen molar-refractivity contribution in [1.82, 2.24) is 14.9 Å². The zero-order valence-electron chi connectivity index (χ0n) is 21.3. The lowest BCUT2D eigenvalue weighted by molar-refractivity contribution is 0.0530. The molecule has 0 aliphatic carbocycles. The number of ether oxygens (including phenoxy) is 2. The van der Waals surface area contributed by atoms with Crippen molar-refractivity contribution in [3.8, 4) is 5.75 Å². The standard InChI is InChI=1S/C26H34ClN3O5S/c1-6-34-26(33)23-21(16(4)5)22-24(32)28-20(29-25(22)36-23)13-30(11-15(2)3)12-18(31)14-35-19-9-7-17(27)8-10-19/h7-10,15-16,18,31H,6,11-14H2,1-5H3,(H,28,29,32)/t18-/m0/s1. The normalized spacial score (nSPS) is 12.6. The summed E-state index contributed by atoms with van der Waals surface area (Å²) in [5.74, 6) is 0.956. The fraction of sp³-hybridized carbons (Fsp3) is 0.500. The molecule has 10 heteroatoms. The van der Waals surface area contributed by atoms with Crippen molar-refractivity contribution in [2.24, 2.45) is 5.92 Å². The molecule has 2 heterocycles. The SMILES string of the molecule is CCOC(=O)c1sc2nc(CN(CC(C)C)C[C@H](O)COc3ccc(Cl)cc3)[nH]c(=O)c2c1C(C)C. The van der Waals surface area contributed by atoms with Gasteiger partial charge in [0.25, 0.3) is 5.56 Å². The minimum absolute atomic E-state index is 0.0415. The Morgan fingerprint density at radius 2 is 1.89 bits per heavy atom. The molecule has 0 unspecified atom stereocenters. The van der Waals surface area contributed by atoms with Gasteiger partial charge in [0.2, 0.25) is 0 Å². The molecule has 36 heavy (non-hydrogen) atoms. The van der Waals surface area contributed by atoms with E-state index in [1.165, 1.54) is 11.3 Å². The van der Waals surface area contributed by atoms with Gasteiger partial charge in [0.05, 0.1) is 18.5 Å². The van der Waals surface area contributed by atoms with Crippen LogP contribution in [0.3, 0.4) is 0 Å². The van der Waals surface area contributed by atoms with Gasteiger partial charge in [-0.05, 0) is 48.6 Å². The topological polar surface area (TPSA) is 105 Å². The zero-order chi connectivity index (χ0) is 26.4. The average Bonchev–Trinajstić information content (AvgIpc) is 3.19. The van der Waals surface area contributed by atoms with Gasteiger partial charge < -0.3 is 19.6 Å². The van der Waals surface area contributed by atoms with Crippen molar-refractivity contribution >= 4 is 39.1 Å². The van der Waals surface area contributed by atoms with Crippen molar-refractivity contribution in [2.45, 2.75) is 53.2 Å². The van der Waals surface area contributed by atoms with Crippen molar-refractivity contribution in [3.05, 3.63) is 55.9 Å². The molecule has 8 nitrogen and oxygen atoms in total. The molecule has 0 amide bonds. The molecule has 2 aromatic heterocycles. The minimum Gasteiger partial charge on any atom is -0.491 e. The number of aromatic amines is 1. The zero-order valence-corrected chi connectivity index (χ0v) is 22.9. The second-order valence-corrected chi connectivity index (χ2v) is 10.9. The number of fused-ring (bicyclic) bond motifs is 1.